The number of amides is 2. The Balaban J connectivity index is 1.55. The topological polar surface area (TPSA) is 121 Å². The van der Waals surface area contributed by atoms with E-state index in [4.69, 9.17) is 23.7 Å². The highest BCUT2D eigenvalue weighted by atomic mass is 16.6. The number of carbonyl (C=O) groups excluding carboxylic acids is 3. The first-order chi connectivity index (χ1) is 18.6. The van der Waals surface area contributed by atoms with Crippen LogP contribution >= 0.6 is 0 Å². The van der Waals surface area contributed by atoms with Gasteiger partial charge in [-0.2, -0.15) is 0 Å². The van der Waals surface area contributed by atoms with Crippen molar-refractivity contribution in [2.24, 2.45) is 5.92 Å². The average Bonchev–Trinajstić information content (AvgIpc) is 3.16. The minimum atomic E-state index is -1.34. The van der Waals surface area contributed by atoms with E-state index in [2.05, 4.69) is 0 Å². The third-order valence-electron chi connectivity index (χ3n) is 6.58. The quantitative estimate of drug-likeness (QED) is 0.373. The average molecular weight is 546 g/mol. The van der Waals surface area contributed by atoms with Gasteiger partial charge >= 0.3 is 6.09 Å². The Morgan fingerprint density at radius 1 is 1.18 bits per heavy atom. The smallest absolute Gasteiger partial charge is 0.417 e. The lowest BCUT2D eigenvalue weighted by molar-refractivity contribution is -0.154. The SMILES string of the molecule is CO[C@H](C(=O)N1C(=O)OC(C)(C)[C@@H]1C(C)C)[C@H]1OC(=CCCOC[C@@H](CO)OCc2ccccc2)C=CC1=O. The molecule has 1 saturated heterocycles. The molecule has 39 heavy (non-hydrogen) atoms. The molecule has 1 aromatic rings. The van der Waals surface area contributed by atoms with Crippen molar-refractivity contribution in [3.8, 4) is 0 Å². The summed E-state index contributed by atoms with van der Waals surface area (Å²) in [4.78, 5) is 39.8. The second-order valence-corrected chi connectivity index (χ2v) is 10.4. The van der Waals surface area contributed by atoms with E-state index in [1.54, 1.807) is 19.9 Å². The van der Waals surface area contributed by atoms with Gasteiger partial charge in [-0.3, -0.25) is 9.59 Å². The molecule has 0 bridgehead atoms. The molecule has 4 atom stereocenters. The fourth-order valence-electron chi connectivity index (χ4n) is 4.85. The number of aliphatic hydroxyl groups is 1. The van der Waals surface area contributed by atoms with Crippen molar-refractivity contribution < 1.29 is 43.2 Å². The highest BCUT2D eigenvalue weighted by Crippen LogP contribution is 2.35. The van der Waals surface area contributed by atoms with Gasteiger partial charge < -0.3 is 28.8 Å². The van der Waals surface area contributed by atoms with Crippen LogP contribution in [-0.4, -0.2) is 84.7 Å². The van der Waals surface area contributed by atoms with Gasteiger partial charge in [-0.05, 0) is 50.0 Å². The fourth-order valence-corrected chi connectivity index (χ4v) is 4.85. The van der Waals surface area contributed by atoms with Gasteiger partial charge in [0.2, 0.25) is 0 Å². The standard InChI is InChI=1S/C29H39NO9/c1-19(2)26-29(3,4)39-28(34)30(26)27(33)25(35-5)24-23(32)14-13-21(38-24)12-9-15-36-18-22(16-31)37-17-20-10-7-6-8-11-20/h6-8,10-14,19,22,24-26,31H,9,15-18H2,1-5H3/t22-,24+,25+,26+/m1/s1. The maximum absolute atomic E-state index is 13.4. The number of imide groups is 1. The number of ketones is 1. The zero-order valence-corrected chi connectivity index (χ0v) is 23.2. The Hall–Kier alpha value is -3.05. The maximum Gasteiger partial charge on any atom is 0.417 e. The van der Waals surface area contributed by atoms with Gasteiger partial charge in [0, 0.05) is 7.11 Å². The zero-order chi connectivity index (χ0) is 28.6. The van der Waals surface area contributed by atoms with E-state index in [1.165, 1.54) is 19.3 Å². The number of hydrogen-bond acceptors (Lipinski definition) is 9. The molecule has 2 aliphatic rings. The van der Waals surface area contributed by atoms with Crippen LogP contribution < -0.4 is 0 Å². The molecule has 10 nitrogen and oxygen atoms in total. The summed E-state index contributed by atoms with van der Waals surface area (Å²) in [5, 5.41) is 9.56. The van der Waals surface area contributed by atoms with Crippen LogP contribution in [0.15, 0.2) is 54.3 Å². The van der Waals surface area contributed by atoms with Crippen LogP contribution in [0.25, 0.3) is 0 Å². The summed E-state index contributed by atoms with van der Waals surface area (Å²) in [6, 6.07) is 9.12. The number of nitrogens with zero attached hydrogens (tertiary/aromatic N) is 1. The number of benzene rings is 1. The molecule has 2 aliphatic heterocycles. The maximum atomic E-state index is 13.4. The molecule has 0 unspecified atom stereocenters. The molecule has 214 valence electrons. The number of rotatable bonds is 13. The Kier molecular flexibility index (Phi) is 10.8. The van der Waals surface area contributed by atoms with Crippen LogP contribution in [-0.2, 0) is 39.9 Å². The molecule has 1 N–H and O–H groups in total. The Morgan fingerprint density at radius 2 is 1.90 bits per heavy atom. The van der Waals surface area contributed by atoms with Gasteiger partial charge in [-0.1, -0.05) is 44.2 Å². The largest absolute Gasteiger partial charge is 0.479 e. The van der Waals surface area contributed by atoms with Crippen LogP contribution in [0.5, 0.6) is 0 Å². The molecule has 0 aliphatic carbocycles. The highest BCUT2D eigenvalue weighted by Gasteiger charge is 2.54. The summed E-state index contributed by atoms with van der Waals surface area (Å²) in [6.07, 6.45) is 1.19. The number of cyclic esters (lactones) is 1. The Bertz CT molecular complexity index is 1050. The first-order valence-electron chi connectivity index (χ1n) is 13.1. The highest BCUT2D eigenvalue weighted by molar-refractivity contribution is 6.03. The second kappa shape index (κ2) is 13.8. The number of methoxy groups -OCH3 is 1. The predicted octanol–water partition coefficient (Wildman–Crippen LogP) is 3.18. The minimum absolute atomic E-state index is 0.0830. The van der Waals surface area contributed by atoms with Crippen LogP contribution in [0.1, 0.15) is 39.7 Å². The van der Waals surface area contributed by atoms with Crippen LogP contribution in [0.3, 0.4) is 0 Å². The summed E-state index contributed by atoms with van der Waals surface area (Å²) >= 11 is 0. The van der Waals surface area contributed by atoms with E-state index in [9.17, 15) is 19.5 Å². The monoisotopic (exact) mass is 545 g/mol. The first-order valence-corrected chi connectivity index (χ1v) is 13.1. The van der Waals surface area contributed by atoms with Crippen molar-refractivity contribution in [2.45, 2.75) is 70.7 Å². The van der Waals surface area contributed by atoms with Crippen molar-refractivity contribution in [1.29, 1.82) is 0 Å². The summed E-state index contributed by atoms with van der Waals surface area (Å²) in [5.41, 5.74) is 0.118. The Labute approximate surface area is 229 Å². The molecule has 1 fully saturated rings. The molecule has 3 rings (SSSR count). The summed E-state index contributed by atoms with van der Waals surface area (Å²) in [5.74, 6) is -0.839. The summed E-state index contributed by atoms with van der Waals surface area (Å²) < 4.78 is 28.0. The molecule has 0 radical (unpaired) electrons. The fraction of sp³-hybridized carbons (Fsp3) is 0.552. The van der Waals surface area contributed by atoms with Crippen LogP contribution in [0.4, 0.5) is 4.79 Å². The second-order valence-electron chi connectivity index (χ2n) is 10.4. The normalized spacial score (nSPS) is 23.2. The number of aliphatic hydroxyl groups excluding tert-OH is 1. The van der Waals surface area contributed by atoms with Crippen molar-refractivity contribution in [1.82, 2.24) is 4.90 Å². The molecule has 0 saturated carbocycles. The third kappa shape index (κ3) is 7.76. The first kappa shape index (κ1) is 30.5. The number of allylic oxidation sites excluding steroid dienone is 1. The summed E-state index contributed by atoms with van der Waals surface area (Å²) in [7, 11) is 1.29. The third-order valence-corrected chi connectivity index (χ3v) is 6.58. The van der Waals surface area contributed by atoms with Crippen molar-refractivity contribution in [2.75, 3.05) is 26.9 Å². The van der Waals surface area contributed by atoms with E-state index >= 15 is 0 Å². The van der Waals surface area contributed by atoms with Gasteiger partial charge in [0.25, 0.3) is 5.91 Å². The van der Waals surface area contributed by atoms with Gasteiger partial charge in [0.05, 0.1) is 32.5 Å². The Morgan fingerprint density at radius 3 is 2.54 bits per heavy atom. The number of ether oxygens (including phenoxy) is 5. The van der Waals surface area contributed by atoms with E-state index in [-0.39, 0.29) is 19.1 Å². The number of hydrogen-bond donors (Lipinski definition) is 1. The lowest BCUT2D eigenvalue weighted by Crippen LogP contribution is -2.55. The molecule has 1 aromatic carbocycles. The molecular formula is C29H39NO9. The van der Waals surface area contributed by atoms with E-state index in [0.717, 1.165) is 10.5 Å². The lowest BCUT2D eigenvalue weighted by Gasteiger charge is -2.34. The van der Waals surface area contributed by atoms with Gasteiger partial charge in [0.1, 0.15) is 17.5 Å². The number of carbonyl (C=O) groups is 3. The molecule has 2 heterocycles. The van der Waals surface area contributed by atoms with Crippen LogP contribution in [0, 0.1) is 5.92 Å². The molecule has 0 spiro atoms. The van der Waals surface area contributed by atoms with Gasteiger partial charge in [0.15, 0.2) is 18.0 Å². The zero-order valence-electron chi connectivity index (χ0n) is 23.2. The van der Waals surface area contributed by atoms with Crippen LogP contribution in [0.2, 0.25) is 0 Å². The molecular weight excluding hydrogens is 506 g/mol. The van der Waals surface area contributed by atoms with Crippen molar-refractivity contribution in [3.05, 3.63) is 59.9 Å². The predicted molar refractivity (Wildman–Crippen MR) is 141 cm³/mol. The molecule has 2 amide bonds. The van der Waals surface area contributed by atoms with Gasteiger partial charge in [-0.25, -0.2) is 9.69 Å². The minimum Gasteiger partial charge on any atom is -0.479 e. The lowest BCUT2D eigenvalue weighted by atomic mass is 9.88. The van der Waals surface area contributed by atoms with Crippen molar-refractivity contribution >= 4 is 17.8 Å². The van der Waals surface area contributed by atoms with Gasteiger partial charge in [-0.15, -0.1) is 0 Å². The molecule has 10 heteroatoms. The molecule has 0 aromatic heterocycles. The van der Waals surface area contributed by atoms with E-state index in [1.807, 2.05) is 44.2 Å². The van der Waals surface area contributed by atoms with E-state index in [0.29, 0.717) is 25.4 Å². The van der Waals surface area contributed by atoms with Crippen molar-refractivity contribution in [3.63, 3.8) is 0 Å². The van der Waals surface area contributed by atoms with E-state index < -0.39 is 47.7 Å². The summed E-state index contributed by atoms with van der Waals surface area (Å²) in [6.45, 7) is 8.01.